The molecule has 1 N–H and O–H groups in total. The molecule has 1 aromatic carbocycles. The molecule has 0 radical (unpaired) electrons. The summed E-state index contributed by atoms with van der Waals surface area (Å²) in [6, 6.07) is 4.83. The predicted octanol–water partition coefficient (Wildman–Crippen LogP) is 3.38. The molecule has 4 aromatic rings. The van der Waals surface area contributed by atoms with Crippen LogP contribution in [0.25, 0.3) is 27.7 Å². The van der Waals surface area contributed by atoms with Crippen molar-refractivity contribution in [1.29, 1.82) is 0 Å². The van der Waals surface area contributed by atoms with Gasteiger partial charge < -0.3 is 15.0 Å². The lowest BCUT2D eigenvalue weighted by molar-refractivity contribution is -0.0675. The zero-order valence-electron chi connectivity index (χ0n) is 19.1. The van der Waals surface area contributed by atoms with Crippen LogP contribution < -0.4 is 10.1 Å². The normalized spacial score (nSPS) is 18.5. The Kier molecular flexibility index (Phi) is 5.95. The van der Waals surface area contributed by atoms with Gasteiger partial charge >= 0.3 is 0 Å². The average Bonchev–Trinajstić information content (AvgIpc) is 3.45. The van der Waals surface area contributed by atoms with Crippen molar-refractivity contribution in [3.8, 4) is 17.0 Å². The van der Waals surface area contributed by atoms with Crippen molar-refractivity contribution < 1.29 is 22.3 Å². The molecule has 0 saturated carbocycles. The van der Waals surface area contributed by atoms with Crippen LogP contribution in [0.1, 0.15) is 12.5 Å². The van der Waals surface area contributed by atoms with E-state index in [1.165, 1.54) is 16.3 Å². The molecule has 9 nitrogen and oxygen atoms in total. The second-order valence-electron chi connectivity index (χ2n) is 8.65. The number of hydrogen-bond donors (Lipinski definition) is 1. The molecule has 1 atom stereocenters. The molecule has 13 heteroatoms. The van der Waals surface area contributed by atoms with Gasteiger partial charge in [-0.05, 0) is 37.2 Å². The highest BCUT2D eigenvalue weighted by Crippen LogP contribution is 2.34. The summed E-state index contributed by atoms with van der Waals surface area (Å²) in [5, 5.41) is 15.0. The van der Waals surface area contributed by atoms with E-state index in [1.54, 1.807) is 42.4 Å². The minimum absolute atomic E-state index is 0.0252. The molecule has 0 aliphatic carbocycles. The Balaban J connectivity index is 1.53. The zero-order chi connectivity index (χ0) is 24.7. The maximum absolute atomic E-state index is 14.5. The zero-order valence-corrected chi connectivity index (χ0v) is 19.1. The van der Waals surface area contributed by atoms with Crippen LogP contribution in [0.3, 0.4) is 0 Å². The predicted molar refractivity (Wildman–Crippen MR) is 122 cm³/mol. The van der Waals surface area contributed by atoms with Gasteiger partial charge in [0.25, 0.3) is 5.92 Å². The number of piperidine rings is 1. The van der Waals surface area contributed by atoms with Crippen molar-refractivity contribution in [1.82, 2.24) is 34.5 Å². The fraction of sp³-hybridized carbons (Fsp3) is 0.455. The van der Waals surface area contributed by atoms with Crippen molar-refractivity contribution in [2.45, 2.75) is 24.4 Å². The maximum Gasteiger partial charge on any atom is 0.280 e. The topological polar surface area (TPSA) is 85.4 Å². The van der Waals surface area contributed by atoms with E-state index < -0.39 is 31.4 Å². The van der Waals surface area contributed by atoms with Crippen LogP contribution in [0.2, 0.25) is 0 Å². The molecule has 5 rings (SSSR count). The van der Waals surface area contributed by atoms with E-state index in [0.29, 0.717) is 34.2 Å². The van der Waals surface area contributed by atoms with Crippen LogP contribution >= 0.6 is 0 Å². The number of halogens is 4. The fourth-order valence-corrected chi connectivity index (χ4v) is 4.42. The second-order valence-corrected chi connectivity index (χ2v) is 8.65. The Morgan fingerprint density at radius 3 is 2.74 bits per heavy atom. The van der Waals surface area contributed by atoms with Crippen molar-refractivity contribution in [3.63, 3.8) is 0 Å². The molecule has 35 heavy (non-hydrogen) atoms. The molecule has 1 aliphatic rings. The van der Waals surface area contributed by atoms with E-state index in [0.717, 1.165) is 0 Å². The number of nitrogens with zero attached hydrogens (tertiary/aromatic N) is 7. The smallest absolute Gasteiger partial charge is 0.280 e. The SMILES string of the molecule is COc1nc(N[C@@H]2CCN(C)CC2(F)F)nn2ccc(-c3ccc4nnn(C(CF)CF)c4c3)c12. The van der Waals surface area contributed by atoms with E-state index in [-0.39, 0.29) is 24.8 Å². The Bertz CT molecular complexity index is 1350. The lowest BCUT2D eigenvalue weighted by atomic mass is 10.0. The number of benzene rings is 1. The first-order chi connectivity index (χ1) is 16.8. The summed E-state index contributed by atoms with van der Waals surface area (Å²) in [7, 11) is 3.09. The summed E-state index contributed by atoms with van der Waals surface area (Å²) >= 11 is 0. The van der Waals surface area contributed by atoms with Crippen LogP contribution in [0.15, 0.2) is 30.5 Å². The van der Waals surface area contributed by atoms with Crippen molar-refractivity contribution >= 4 is 22.5 Å². The number of nitrogens with one attached hydrogen (secondary N) is 1. The van der Waals surface area contributed by atoms with Gasteiger partial charge in [-0.3, -0.25) is 0 Å². The molecule has 1 aliphatic heterocycles. The quantitative estimate of drug-likeness (QED) is 0.396. The minimum atomic E-state index is -2.94. The van der Waals surface area contributed by atoms with Gasteiger partial charge in [0.05, 0.1) is 25.2 Å². The third-order valence-corrected chi connectivity index (χ3v) is 6.25. The lowest BCUT2D eigenvalue weighted by Crippen LogP contribution is -2.53. The highest BCUT2D eigenvalue weighted by atomic mass is 19.3. The Morgan fingerprint density at radius 2 is 2.03 bits per heavy atom. The molecule has 0 unspecified atom stereocenters. The van der Waals surface area contributed by atoms with Crippen LogP contribution in [0.4, 0.5) is 23.5 Å². The first-order valence-electron chi connectivity index (χ1n) is 11.1. The van der Waals surface area contributed by atoms with Gasteiger partial charge in [-0.2, -0.15) is 4.98 Å². The summed E-state index contributed by atoms with van der Waals surface area (Å²) in [5.74, 6) is -2.72. The molecule has 1 fully saturated rings. The molecule has 0 spiro atoms. The molecule has 186 valence electrons. The number of rotatable bonds is 7. The number of alkyl halides is 4. The molecule has 4 heterocycles. The first kappa shape index (κ1) is 23.3. The monoisotopic (exact) mass is 492 g/mol. The van der Waals surface area contributed by atoms with Crippen LogP contribution in [-0.2, 0) is 0 Å². The van der Waals surface area contributed by atoms with Crippen molar-refractivity contribution in [2.75, 3.05) is 45.9 Å². The first-order valence-corrected chi connectivity index (χ1v) is 11.1. The third-order valence-electron chi connectivity index (χ3n) is 6.25. The highest BCUT2D eigenvalue weighted by molar-refractivity contribution is 5.89. The maximum atomic E-state index is 14.5. The van der Waals surface area contributed by atoms with Gasteiger partial charge in [-0.25, -0.2) is 26.8 Å². The van der Waals surface area contributed by atoms with Crippen LogP contribution in [0, 0.1) is 0 Å². The lowest BCUT2D eigenvalue weighted by Gasteiger charge is -2.36. The average molecular weight is 492 g/mol. The summed E-state index contributed by atoms with van der Waals surface area (Å²) in [6.45, 7) is -1.65. The van der Waals surface area contributed by atoms with Gasteiger partial charge in [0.2, 0.25) is 11.8 Å². The van der Waals surface area contributed by atoms with Gasteiger partial charge in [0.15, 0.2) is 0 Å². The van der Waals surface area contributed by atoms with E-state index in [9.17, 15) is 17.6 Å². The van der Waals surface area contributed by atoms with Gasteiger partial charge in [-0.15, -0.1) is 10.2 Å². The Labute approximate surface area is 197 Å². The fourth-order valence-electron chi connectivity index (χ4n) is 4.42. The largest absolute Gasteiger partial charge is 0.479 e. The van der Waals surface area contributed by atoms with Gasteiger partial charge in [0.1, 0.15) is 30.4 Å². The molecule has 0 amide bonds. The van der Waals surface area contributed by atoms with Gasteiger partial charge in [0, 0.05) is 18.3 Å². The van der Waals surface area contributed by atoms with Crippen molar-refractivity contribution in [2.24, 2.45) is 0 Å². The number of aromatic nitrogens is 6. The molecule has 1 saturated heterocycles. The molecular formula is C22H24F4N8O. The highest BCUT2D eigenvalue weighted by Gasteiger charge is 2.44. The Morgan fingerprint density at radius 1 is 1.23 bits per heavy atom. The minimum Gasteiger partial charge on any atom is -0.479 e. The number of fused-ring (bicyclic) bond motifs is 2. The summed E-state index contributed by atoms with van der Waals surface area (Å²) in [6.07, 6.45) is 1.91. The Hall–Kier alpha value is -3.48. The number of ether oxygens (including phenoxy) is 1. The van der Waals surface area contributed by atoms with Crippen LogP contribution in [-0.4, -0.2) is 87.1 Å². The summed E-state index contributed by atoms with van der Waals surface area (Å²) in [5.41, 5.74) is 2.87. The van der Waals surface area contributed by atoms with E-state index in [2.05, 4.69) is 25.7 Å². The van der Waals surface area contributed by atoms with Crippen LogP contribution in [0.5, 0.6) is 5.88 Å². The number of anilines is 1. The molecular weight excluding hydrogens is 468 g/mol. The number of likely N-dealkylation sites (tertiary alicyclic amines) is 1. The number of hydrogen-bond acceptors (Lipinski definition) is 7. The number of methoxy groups -OCH3 is 1. The standard InChI is InChI=1S/C22H24F4N8O/c1-32-7-6-18(22(25,26)12-32)27-21-28-20(35-2)19-15(5-8-33(19)30-21)13-3-4-16-17(9-13)34(31-29-16)14(10-23)11-24/h3-5,8-9,14,18H,6-7,10-12H2,1-2H3,(H,27,30)/t18-/m1/s1. The van der Waals surface area contributed by atoms with Crippen molar-refractivity contribution in [3.05, 3.63) is 30.5 Å². The third kappa shape index (κ3) is 4.13. The second kappa shape index (κ2) is 8.95. The van der Waals surface area contributed by atoms with Gasteiger partial charge in [-0.1, -0.05) is 11.3 Å². The van der Waals surface area contributed by atoms with E-state index >= 15 is 0 Å². The summed E-state index contributed by atoms with van der Waals surface area (Å²) < 4.78 is 63.8. The molecule has 3 aromatic heterocycles. The summed E-state index contributed by atoms with van der Waals surface area (Å²) in [4.78, 5) is 5.93. The van der Waals surface area contributed by atoms with E-state index in [1.807, 2.05) is 0 Å². The van der Waals surface area contributed by atoms with E-state index in [4.69, 9.17) is 4.74 Å². The molecule has 0 bridgehead atoms.